The van der Waals surface area contributed by atoms with E-state index in [0.29, 0.717) is 23.2 Å². The van der Waals surface area contributed by atoms with Crippen molar-refractivity contribution >= 4 is 11.6 Å². The first-order valence-corrected chi connectivity index (χ1v) is 14.8. The normalized spacial score (nSPS) is 46.1. The predicted molar refractivity (Wildman–Crippen MR) is 146 cm³/mol. The molecule has 1 N–H and O–H groups in total. The molecule has 0 aromatic carbocycles. The minimum Gasteiger partial charge on any atom is -0.458 e. The highest BCUT2D eigenvalue weighted by Gasteiger charge is 2.67. The second-order valence-electron chi connectivity index (χ2n) is 13.6. The third kappa shape index (κ3) is 4.67. The number of fused-ring (bicyclic) bond motifs is 3. The largest absolute Gasteiger partial charge is 0.458 e. The Morgan fingerprint density at radius 3 is 2.33 bits per heavy atom. The maximum Gasteiger partial charge on any atom is 0.246 e. The fraction of sp³-hybridized carbons (Fsp3) is 0.750. The number of ketones is 2. The zero-order valence-electron chi connectivity index (χ0n) is 25.0. The zero-order valence-corrected chi connectivity index (χ0v) is 25.0. The van der Waals surface area contributed by atoms with Crippen molar-refractivity contribution in [2.24, 2.45) is 29.6 Å². The van der Waals surface area contributed by atoms with E-state index in [1.807, 2.05) is 27.7 Å². The summed E-state index contributed by atoms with van der Waals surface area (Å²) in [5.41, 5.74) is 2.47. The van der Waals surface area contributed by atoms with Crippen LogP contribution in [0, 0.1) is 29.6 Å². The van der Waals surface area contributed by atoms with Crippen LogP contribution in [-0.2, 0) is 28.5 Å². The Hall–Kier alpha value is -1.80. The average molecular weight is 543 g/mol. The first-order valence-electron chi connectivity index (χ1n) is 14.8. The third-order valence-electron chi connectivity index (χ3n) is 9.70. The number of hydrogen-bond acceptors (Lipinski definition) is 7. The van der Waals surface area contributed by atoms with Crippen molar-refractivity contribution in [1.29, 1.82) is 0 Å². The molecular weight excluding hydrogens is 496 g/mol. The molecule has 0 spiro atoms. The number of aliphatic hydroxyl groups is 1. The summed E-state index contributed by atoms with van der Waals surface area (Å²) in [7, 11) is 0. The number of ether oxygens (including phenoxy) is 4. The van der Waals surface area contributed by atoms with Crippen LogP contribution in [0.4, 0.5) is 0 Å². The van der Waals surface area contributed by atoms with Gasteiger partial charge >= 0.3 is 0 Å². The van der Waals surface area contributed by atoms with Crippen molar-refractivity contribution < 1.29 is 33.6 Å². The van der Waals surface area contributed by atoms with Gasteiger partial charge in [-0.05, 0) is 65.2 Å². The Kier molecular flexibility index (Phi) is 7.31. The molecule has 4 aliphatic heterocycles. The molecule has 1 aliphatic carbocycles. The smallest absolute Gasteiger partial charge is 0.246 e. The highest BCUT2D eigenvalue weighted by Crippen LogP contribution is 2.57. The van der Waals surface area contributed by atoms with Gasteiger partial charge in [-0.3, -0.25) is 9.59 Å². The van der Waals surface area contributed by atoms with Gasteiger partial charge < -0.3 is 24.1 Å². The van der Waals surface area contributed by atoms with Crippen LogP contribution in [0.3, 0.4) is 0 Å². The van der Waals surface area contributed by atoms with Crippen molar-refractivity contribution in [2.75, 3.05) is 0 Å². The van der Waals surface area contributed by atoms with Crippen LogP contribution < -0.4 is 0 Å². The molecule has 5 aliphatic rings. The van der Waals surface area contributed by atoms with Gasteiger partial charge in [-0.25, -0.2) is 0 Å². The van der Waals surface area contributed by atoms with Gasteiger partial charge in [-0.2, -0.15) is 0 Å². The molecule has 4 heterocycles. The molecule has 7 nitrogen and oxygen atoms in total. The summed E-state index contributed by atoms with van der Waals surface area (Å²) in [5, 5.41) is 11.3. The van der Waals surface area contributed by atoms with Crippen LogP contribution in [0.15, 0.2) is 34.1 Å². The van der Waals surface area contributed by atoms with Gasteiger partial charge in [0.1, 0.15) is 5.76 Å². The number of hydrogen-bond donors (Lipinski definition) is 1. The molecular formula is C32H46O7. The van der Waals surface area contributed by atoms with E-state index in [2.05, 4.69) is 33.8 Å². The van der Waals surface area contributed by atoms with E-state index in [-0.39, 0.29) is 29.1 Å². The lowest BCUT2D eigenvalue weighted by Crippen LogP contribution is -2.52. The monoisotopic (exact) mass is 542 g/mol. The minimum atomic E-state index is -1.18. The molecule has 5 rings (SSSR count). The number of carbonyl (C=O) groups excluding carboxylic acids is 2. The number of aliphatic hydroxyl groups excluding tert-OH is 1. The van der Waals surface area contributed by atoms with Crippen LogP contribution in [0.25, 0.3) is 0 Å². The van der Waals surface area contributed by atoms with E-state index in [0.717, 1.165) is 25.7 Å². The molecule has 0 aromatic rings. The van der Waals surface area contributed by atoms with Gasteiger partial charge in [0.2, 0.25) is 17.4 Å². The minimum absolute atomic E-state index is 0.0923. The van der Waals surface area contributed by atoms with Gasteiger partial charge in [0.05, 0.1) is 18.3 Å². The van der Waals surface area contributed by atoms with Gasteiger partial charge in [0.15, 0.2) is 11.9 Å². The quantitative estimate of drug-likeness (QED) is 0.248. The summed E-state index contributed by atoms with van der Waals surface area (Å²) in [6, 6.07) is 0. The molecule has 0 aromatic heterocycles. The molecule has 0 saturated carbocycles. The summed E-state index contributed by atoms with van der Waals surface area (Å²) in [4.78, 5) is 27.1. The SMILES string of the molecule is CC1=C2O[C@]34OC(C)(C)O[C@@H]3C2=C(C(=O)C1=O)[C@@H]1O[C@H](CC[C@H](C)/C=C(\C)C[C@@H](C)C[C@@H]4C)[C@H](C)[C@H](O)[C@H]1C. The van der Waals surface area contributed by atoms with Gasteiger partial charge in [0.25, 0.3) is 0 Å². The van der Waals surface area contributed by atoms with Crippen molar-refractivity contribution in [3.05, 3.63) is 34.1 Å². The number of Topliss-reactive ketones (excluding diaryl/α,β-unsaturated/α-hetero) is 2. The Morgan fingerprint density at radius 2 is 1.64 bits per heavy atom. The predicted octanol–water partition coefficient (Wildman–Crippen LogP) is 5.42. The topological polar surface area (TPSA) is 91.3 Å². The molecule has 0 radical (unpaired) electrons. The zero-order chi connectivity index (χ0) is 28.6. The first-order chi connectivity index (χ1) is 18.2. The van der Waals surface area contributed by atoms with E-state index >= 15 is 0 Å². The van der Waals surface area contributed by atoms with Crippen LogP contribution in [0.1, 0.15) is 88.0 Å². The van der Waals surface area contributed by atoms with E-state index in [1.165, 1.54) is 5.57 Å². The molecule has 3 fully saturated rings. The molecule has 0 unspecified atom stereocenters. The molecule has 4 bridgehead atoms. The number of carbonyl (C=O) groups is 2. The summed E-state index contributed by atoms with van der Waals surface area (Å²) in [6.07, 6.45) is 3.42. The van der Waals surface area contributed by atoms with Crippen LogP contribution >= 0.6 is 0 Å². The third-order valence-corrected chi connectivity index (χ3v) is 9.70. The number of rotatable bonds is 0. The van der Waals surface area contributed by atoms with E-state index in [9.17, 15) is 14.7 Å². The van der Waals surface area contributed by atoms with Crippen LogP contribution in [0.2, 0.25) is 0 Å². The van der Waals surface area contributed by atoms with Gasteiger partial charge in [-0.15, -0.1) is 0 Å². The van der Waals surface area contributed by atoms with Gasteiger partial charge in [-0.1, -0.05) is 46.3 Å². The number of allylic oxidation sites excluding steroid dienone is 3. The lowest BCUT2D eigenvalue weighted by atomic mass is 9.73. The Balaban J connectivity index is 1.71. The lowest BCUT2D eigenvalue weighted by Gasteiger charge is -2.44. The van der Waals surface area contributed by atoms with Crippen molar-refractivity contribution in [3.8, 4) is 0 Å². The standard InChI is InChI=1S/C32H46O7/c1-15-10-11-22-19(5)25(33)20(6)28(36-22)23-24-29(21(7)26(34)27(23)35)37-32(30(24)38-31(8,9)39-32)18(4)14-17(3)13-16(2)12-15/h12,15,17-20,22,25,28,30,33H,10-11,13-14H2,1-9H3/b16-12+/t15-,17+,18-,19-,20+,22+,25-,28+,30+,32+/m0/s1. The summed E-state index contributed by atoms with van der Waals surface area (Å²) in [6.45, 7) is 18.0. The molecule has 10 atom stereocenters. The maximum atomic E-state index is 13.8. The molecule has 3 saturated heterocycles. The van der Waals surface area contributed by atoms with Gasteiger partial charge in [0, 0.05) is 34.5 Å². The summed E-state index contributed by atoms with van der Waals surface area (Å²) in [5.74, 6) is -2.79. The average Bonchev–Trinajstić information content (AvgIpc) is 3.29. The molecule has 216 valence electrons. The second kappa shape index (κ2) is 9.93. The van der Waals surface area contributed by atoms with Crippen molar-refractivity contribution in [2.45, 2.75) is 124 Å². The Bertz CT molecular complexity index is 1150. The highest BCUT2D eigenvalue weighted by atomic mass is 16.8. The highest BCUT2D eigenvalue weighted by molar-refractivity contribution is 6.50. The molecule has 39 heavy (non-hydrogen) atoms. The van der Waals surface area contributed by atoms with Crippen molar-refractivity contribution in [1.82, 2.24) is 0 Å². The molecule has 7 heteroatoms. The van der Waals surface area contributed by atoms with Crippen molar-refractivity contribution in [3.63, 3.8) is 0 Å². The summed E-state index contributed by atoms with van der Waals surface area (Å²) >= 11 is 0. The van der Waals surface area contributed by atoms with E-state index < -0.39 is 47.4 Å². The first kappa shape index (κ1) is 28.7. The van der Waals surface area contributed by atoms with Crippen LogP contribution in [0.5, 0.6) is 0 Å². The maximum absolute atomic E-state index is 13.8. The Labute approximate surface area is 233 Å². The Morgan fingerprint density at radius 1 is 0.949 bits per heavy atom. The van der Waals surface area contributed by atoms with E-state index in [1.54, 1.807) is 6.92 Å². The second-order valence-corrected chi connectivity index (χ2v) is 13.6. The molecule has 0 amide bonds. The lowest BCUT2D eigenvalue weighted by molar-refractivity contribution is -0.256. The van der Waals surface area contributed by atoms with Crippen LogP contribution in [-0.4, -0.2) is 52.7 Å². The van der Waals surface area contributed by atoms with E-state index in [4.69, 9.17) is 18.9 Å². The fourth-order valence-electron chi connectivity index (χ4n) is 7.74. The fourth-order valence-corrected chi connectivity index (χ4v) is 7.74. The summed E-state index contributed by atoms with van der Waals surface area (Å²) < 4.78 is 26.5.